The Kier molecular flexibility index (Phi) is 3.74. The van der Waals surface area contributed by atoms with Gasteiger partial charge in [0, 0.05) is 24.5 Å². The number of rotatable bonds is 3. The first kappa shape index (κ1) is 13.8. The molecule has 0 radical (unpaired) electrons. The van der Waals surface area contributed by atoms with Gasteiger partial charge in [-0.05, 0) is 55.7 Å². The van der Waals surface area contributed by atoms with Crippen LogP contribution in [0.15, 0.2) is 58.1 Å². The summed E-state index contributed by atoms with van der Waals surface area (Å²) in [5, 5.41) is 1.96. The molecule has 0 bridgehead atoms. The molecule has 0 aliphatic carbocycles. The van der Waals surface area contributed by atoms with E-state index in [4.69, 9.17) is 0 Å². The number of nitrogens with zero attached hydrogens (tertiary/aromatic N) is 3. The summed E-state index contributed by atoms with van der Waals surface area (Å²) in [4.78, 5) is 11.5. The fourth-order valence-electron chi connectivity index (χ4n) is 2.44. The van der Waals surface area contributed by atoms with Crippen molar-refractivity contribution < 1.29 is 0 Å². The fourth-order valence-corrected chi connectivity index (χ4v) is 2.44. The van der Waals surface area contributed by atoms with E-state index in [1.807, 2.05) is 0 Å². The summed E-state index contributed by atoms with van der Waals surface area (Å²) >= 11 is 0. The van der Waals surface area contributed by atoms with Crippen LogP contribution in [0.1, 0.15) is 30.9 Å². The van der Waals surface area contributed by atoms with Gasteiger partial charge in [-0.15, -0.1) is 0 Å². The van der Waals surface area contributed by atoms with Crippen LogP contribution >= 0.6 is 0 Å². The number of allylic oxidation sites excluding steroid dienone is 3. The minimum atomic E-state index is 0.817. The van der Waals surface area contributed by atoms with Gasteiger partial charge in [0.2, 0.25) is 0 Å². The van der Waals surface area contributed by atoms with Crippen LogP contribution in [0.4, 0.5) is 0 Å². The van der Waals surface area contributed by atoms with E-state index in [0.717, 1.165) is 28.7 Å². The van der Waals surface area contributed by atoms with Crippen molar-refractivity contribution in [1.82, 2.24) is 4.90 Å². The molecule has 3 heteroatoms. The van der Waals surface area contributed by atoms with Crippen molar-refractivity contribution in [2.75, 3.05) is 6.54 Å². The highest BCUT2D eigenvalue weighted by Crippen LogP contribution is 2.17. The average molecular weight is 279 g/mol. The monoisotopic (exact) mass is 279 g/mol. The highest BCUT2D eigenvalue weighted by atomic mass is 15.1. The molecule has 108 valence electrons. The maximum Gasteiger partial charge on any atom is 0.160 e. The van der Waals surface area contributed by atoms with Crippen LogP contribution in [0, 0.1) is 13.8 Å². The summed E-state index contributed by atoms with van der Waals surface area (Å²) in [6.45, 7) is 7.51. The number of hydrogen-bond donors (Lipinski definition) is 0. The van der Waals surface area contributed by atoms with Crippen LogP contribution in [0.25, 0.3) is 0 Å². The quantitative estimate of drug-likeness (QED) is 0.836. The van der Waals surface area contributed by atoms with Gasteiger partial charge in [-0.2, -0.15) is 0 Å². The van der Waals surface area contributed by atoms with Crippen molar-refractivity contribution in [3.05, 3.63) is 69.9 Å². The van der Waals surface area contributed by atoms with Crippen molar-refractivity contribution in [3.8, 4) is 0 Å². The van der Waals surface area contributed by atoms with E-state index in [1.165, 1.54) is 24.0 Å². The number of aryl methyl sites for hydroxylation is 2. The maximum absolute atomic E-state index is 4.66. The first-order chi connectivity index (χ1) is 10.2. The van der Waals surface area contributed by atoms with E-state index in [1.54, 1.807) is 0 Å². The Hall–Kier alpha value is -2.16. The van der Waals surface area contributed by atoms with E-state index < -0.39 is 0 Å². The molecule has 0 saturated carbocycles. The molecule has 1 aromatic rings. The van der Waals surface area contributed by atoms with Gasteiger partial charge in [-0.3, -0.25) is 0 Å². The second-order valence-electron chi connectivity index (χ2n) is 5.65. The lowest BCUT2D eigenvalue weighted by atomic mass is 10.1. The SMILES string of the molecule is CCCCN1C=CC(=C2N=c3cc(C)c(C)cc3=N2)C=C1. The summed E-state index contributed by atoms with van der Waals surface area (Å²) in [6, 6.07) is 4.23. The Morgan fingerprint density at radius 3 is 2.05 bits per heavy atom. The number of unbranched alkanes of at least 4 members (excludes halogenated alkanes) is 1. The Morgan fingerprint density at radius 1 is 0.952 bits per heavy atom. The largest absolute Gasteiger partial charge is 0.354 e. The molecule has 0 atom stereocenters. The Balaban J connectivity index is 1.90. The molecule has 0 fully saturated rings. The fraction of sp³-hybridized carbons (Fsp3) is 0.333. The van der Waals surface area contributed by atoms with Gasteiger partial charge >= 0.3 is 0 Å². The third kappa shape index (κ3) is 2.82. The van der Waals surface area contributed by atoms with Crippen LogP contribution in [0.5, 0.6) is 0 Å². The molecule has 2 heterocycles. The maximum atomic E-state index is 4.66. The van der Waals surface area contributed by atoms with Crippen LogP contribution in [0.3, 0.4) is 0 Å². The molecule has 0 spiro atoms. The van der Waals surface area contributed by atoms with E-state index in [9.17, 15) is 0 Å². The van der Waals surface area contributed by atoms with E-state index in [2.05, 4.69) is 72.3 Å². The molecule has 0 unspecified atom stereocenters. The van der Waals surface area contributed by atoms with Gasteiger partial charge < -0.3 is 4.90 Å². The van der Waals surface area contributed by atoms with Gasteiger partial charge in [-0.25, -0.2) is 9.98 Å². The van der Waals surface area contributed by atoms with Gasteiger partial charge in [0.05, 0.1) is 10.7 Å². The van der Waals surface area contributed by atoms with E-state index in [0.29, 0.717) is 0 Å². The number of hydrogen-bond acceptors (Lipinski definition) is 3. The van der Waals surface area contributed by atoms with Crippen molar-refractivity contribution in [1.29, 1.82) is 0 Å². The highest BCUT2D eigenvalue weighted by Gasteiger charge is 2.09. The molecule has 1 aromatic carbocycles. The Labute approximate surface area is 125 Å². The predicted molar refractivity (Wildman–Crippen MR) is 85.1 cm³/mol. The zero-order valence-corrected chi connectivity index (χ0v) is 12.9. The standard InChI is InChI=1S/C18H21N3/c1-4-5-8-21-9-6-15(7-10-21)18-19-16-11-13(2)14(3)12-17(16)20-18/h6-7,9-12H,4-5,8H2,1-3H3. The molecule has 21 heavy (non-hydrogen) atoms. The molecule has 0 N–H and O–H groups in total. The second kappa shape index (κ2) is 5.68. The molecule has 2 aliphatic rings. The molecular weight excluding hydrogens is 258 g/mol. The highest BCUT2D eigenvalue weighted by molar-refractivity contribution is 5.39. The van der Waals surface area contributed by atoms with Crippen molar-refractivity contribution in [2.24, 2.45) is 9.98 Å². The smallest absolute Gasteiger partial charge is 0.160 e. The zero-order valence-electron chi connectivity index (χ0n) is 12.9. The lowest BCUT2D eigenvalue weighted by Gasteiger charge is -2.18. The lowest BCUT2D eigenvalue weighted by Crippen LogP contribution is -2.22. The molecule has 3 nitrogen and oxygen atoms in total. The summed E-state index contributed by atoms with van der Waals surface area (Å²) in [6.07, 6.45) is 10.8. The molecule has 3 rings (SSSR count). The normalized spacial score (nSPS) is 16.0. The van der Waals surface area contributed by atoms with Crippen molar-refractivity contribution in [2.45, 2.75) is 33.6 Å². The van der Waals surface area contributed by atoms with Gasteiger partial charge in [-0.1, -0.05) is 13.3 Å². The summed E-state index contributed by atoms with van der Waals surface area (Å²) < 4.78 is 0. The van der Waals surface area contributed by atoms with Gasteiger partial charge in [0.25, 0.3) is 0 Å². The first-order valence-corrected chi connectivity index (χ1v) is 7.58. The van der Waals surface area contributed by atoms with Crippen LogP contribution in [-0.4, -0.2) is 11.4 Å². The molecule has 0 aromatic heterocycles. The Bertz CT molecular complexity index is 707. The topological polar surface area (TPSA) is 28.0 Å². The van der Waals surface area contributed by atoms with E-state index >= 15 is 0 Å². The Morgan fingerprint density at radius 2 is 1.52 bits per heavy atom. The number of benzene rings is 1. The molecule has 0 saturated heterocycles. The van der Waals surface area contributed by atoms with Crippen molar-refractivity contribution >= 4 is 0 Å². The average Bonchev–Trinajstić information content (AvgIpc) is 2.89. The van der Waals surface area contributed by atoms with Gasteiger partial charge in [0.1, 0.15) is 0 Å². The second-order valence-corrected chi connectivity index (χ2v) is 5.65. The van der Waals surface area contributed by atoms with Gasteiger partial charge in [0.15, 0.2) is 5.82 Å². The third-order valence-electron chi connectivity index (χ3n) is 3.96. The number of fused-ring (bicyclic) bond motifs is 1. The van der Waals surface area contributed by atoms with Crippen LogP contribution in [0.2, 0.25) is 0 Å². The zero-order chi connectivity index (χ0) is 14.8. The molecular formula is C18H21N3. The molecule has 2 aliphatic heterocycles. The minimum Gasteiger partial charge on any atom is -0.354 e. The minimum absolute atomic E-state index is 0.817. The first-order valence-electron chi connectivity index (χ1n) is 7.58. The van der Waals surface area contributed by atoms with Crippen LogP contribution in [-0.2, 0) is 0 Å². The predicted octanol–water partition coefficient (Wildman–Crippen LogP) is 2.91. The molecule has 0 amide bonds. The summed E-state index contributed by atoms with van der Waals surface area (Å²) in [7, 11) is 0. The summed E-state index contributed by atoms with van der Waals surface area (Å²) in [5.74, 6) is 0.817. The third-order valence-corrected chi connectivity index (χ3v) is 3.96. The lowest BCUT2D eigenvalue weighted by molar-refractivity contribution is 0.481. The van der Waals surface area contributed by atoms with Crippen molar-refractivity contribution in [3.63, 3.8) is 0 Å². The van der Waals surface area contributed by atoms with E-state index in [-0.39, 0.29) is 0 Å². The van der Waals surface area contributed by atoms with Crippen LogP contribution < -0.4 is 10.7 Å². The summed E-state index contributed by atoms with van der Waals surface area (Å²) in [5.41, 5.74) is 3.60.